The maximum atomic E-state index is 11.9. The molecule has 0 unspecified atom stereocenters. The quantitative estimate of drug-likeness (QED) is 0.578. The number of rotatable bonds is 5. The van der Waals surface area contributed by atoms with Crippen LogP contribution in [0.1, 0.15) is 18.4 Å². The number of hydrogen-bond acceptors (Lipinski definition) is 4. The van der Waals surface area contributed by atoms with E-state index >= 15 is 0 Å². The first-order valence-corrected chi connectivity index (χ1v) is 7.76. The molecular formula is C12H23N5OS+2. The summed E-state index contributed by atoms with van der Waals surface area (Å²) >= 11 is 1.48. The molecule has 0 aliphatic carbocycles. The molecule has 1 aliphatic rings. The average Bonchev–Trinajstić information content (AvgIpc) is 2.80. The van der Waals surface area contributed by atoms with E-state index in [-0.39, 0.29) is 5.91 Å². The van der Waals surface area contributed by atoms with Crippen LogP contribution in [-0.2, 0) is 11.2 Å². The minimum atomic E-state index is 0.0498. The summed E-state index contributed by atoms with van der Waals surface area (Å²) in [4.78, 5) is 14.8. The van der Waals surface area contributed by atoms with Crippen molar-refractivity contribution in [1.29, 1.82) is 0 Å². The highest BCUT2D eigenvalue weighted by atomic mass is 32.1. The Labute approximate surface area is 117 Å². The number of nitrogens with one attached hydrogen (secondary N) is 3. The van der Waals surface area contributed by atoms with Crippen LogP contribution in [0.2, 0.25) is 0 Å². The molecule has 7 heteroatoms. The van der Waals surface area contributed by atoms with Crippen LogP contribution in [-0.4, -0.2) is 55.9 Å². The molecule has 106 valence electrons. The molecule has 19 heavy (non-hydrogen) atoms. The van der Waals surface area contributed by atoms with Gasteiger partial charge in [-0.2, -0.15) is 0 Å². The Morgan fingerprint density at radius 1 is 1.32 bits per heavy atom. The van der Waals surface area contributed by atoms with Crippen LogP contribution in [0.15, 0.2) is 0 Å². The highest BCUT2D eigenvalue weighted by Gasteiger charge is 2.22. The fourth-order valence-corrected chi connectivity index (χ4v) is 3.07. The highest BCUT2D eigenvalue weighted by Crippen LogP contribution is 2.15. The van der Waals surface area contributed by atoms with E-state index in [1.807, 2.05) is 0 Å². The molecule has 0 saturated carbocycles. The maximum absolute atomic E-state index is 11.9. The summed E-state index contributed by atoms with van der Waals surface area (Å²) in [6.07, 6.45) is 1.98. The molecule has 1 aliphatic heterocycles. The van der Waals surface area contributed by atoms with Crippen molar-refractivity contribution in [2.75, 3.05) is 45.1 Å². The van der Waals surface area contributed by atoms with Gasteiger partial charge >= 0.3 is 0 Å². The number of aromatic nitrogens is 2. The first kappa shape index (κ1) is 14.4. The summed E-state index contributed by atoms with van der Waals surface area (Å²) in [7, 11) is 2.20. The lowest BCUT2D eigenvalue weighted by Gasteiger charge is -2.26. The van der Waals surface area contributed by atoms with Crippen molar-refractivity contribution < 1.29 is 14.6 Å². The van der Waals surface area contributed by atoms with Gasteiger partial charge in [-0.25, -0.2) is 0 Å². The topological polar surface area (TPSA) is 63.8 Å². The lowest BCUT2D eigenvalue weighted by atomic mass is 10.3. The minimum absolute atomic E-state index is 0.0498. The van der Waals surface area contributed by atoms with Crippen LogP contribution in [0.4, 0.5) is 5.13 Å². The van der Waals surface area contributed by atoms with Crippen molar-refractivity contribution in [3.05, 3.63) is 5.01 Å². The Morgan fingerprint density at radius 2 is 2.05 bits per heavy atom. The molecule has 0 radical (unpaired) electrons. The lowest BCUT2D eigenvalue weighted by molar-refractivity contribution is -0.999. The zero-order chi connectivity index (χ0) is 13.7. The predicted octanol–water partition coefficient (Wildman–Crippen LogP) is -2.16. The predicted molar refractivity (Wildman–Crippen MR) is 74.7 cm³/mol. The molecule has 2 rings (SSSR count). The van der Waals surface area contributed by atoms with Crippen LogP contribution >= 0.6 is 11.3 Å². The van der Waals surface area contributed by atoms with Crippen molar-refractivity contribution in [1.82, 2.24) is 10.2 Å². The number of quaternary nitrogens is 2. The van der Waals surface area contributed by atoms with Crippen molar-refractivity contribution in [2.45, 2.75) is 19.8 Å². The highest BCUT2D eigenvalue weighted by molar-refractivity contribution is 7.15. The van der Waals surface area contributed by atoms with Crippen LogP contribution in [0, 0.1) is 0 Å². The number of nitrogens with zero attached hydrogens (tertiary/aromatic N) is 2. The van der Waals surface area contributed by atoms with E-state index < -0.39 is 0 Å². The average molecular weight is 285 g/mol. The van der Waals surface area contributed by atoms with Gasteiger partial charge < -0.3 is 9.80 Å². The van der Waals surface area contributed by atoms with Gasteiger partial charge in [0.2, 0.25) is 5.13 Å². The molecule has 2 heterocycles. The Hall–Kier alpha value is -1.05. The third-order valence-corrected chi connectivity index (χ3v) is 4.30. The number of aryl methyl sites for hydroxylation is 1. The zero-order valence-corrected chi connectivity index (χ0v) is 12.5. The van der Waals surface area contributed by atoms with Crippen molar-refractivity contribution >= 4 is 22.4 Å². The van der Waals surface area contributed by atoms with Gasteiger partial charge in [-0.3, -0.25) is 10.1 Å². The van der Waals surface area contributed by atoms with Crippen LogP contribution < -0.4 is 15.1 Å². The van der Waals surface area contributed by atoms with E-state index in [0.29, 0.717) is 11.7 Å². The lowest BCUT2D eigenvalue weighted by Crippen LogP contribution is -3.27. The minimum Gasteiger partial charge on any atom is -0.328 e. The number of anilines is 1. The molecular weight excluding hydrogens is 262 g/mol. The molecule has 0 aromatic carbocycles. The summed E-state index contributed by atoms with van der Waals surface area (Å²) in [5.41, 5.74) is 0. The monoisotopic (exact) mass is 285 g/mol. The Bertz CT molecular complexity index is 414. The molecule has 0 bridgehead atoms. The first-order chi connectivity index (χ1) is 9.17. The number of carbonyl (C=O) groups excluding carboxylic acids is 1. The number of likely N-dealkylation sites (N-methyl/N-ethyl adjacent to an activating group) is 1. The van der Waals surface area contributed by atoms with Crippen LogP contribution in [0.5, 0.6) is 0 Å². The molecule has 0 spiro atoms. The number of piperazine rings is 1. The zero-order valence-electron chi connectivity index (χ0n) is 11.7. The van der Waals surface area contributed by atoms with Gasteiger partial charge in [-0.1, -0.05) is 18.3 Å². The summed E-state index contributed by atoms with van der Waals surface area (Å²) in [5.74, 6) is 0.0498. The first-order valence-electron chi connectivity index (χ1n) is 6.94. The van der Waals surface area contributed by atoms with Gasteiger partial charge in [0.1, 0.15) is 31.2 Å². The van der Waals surface area contributed by atoms with Gasteiger partial charge in [0.05, 0.1) is 7.05 Å². The fraction of sp³-hybridized carbons (Fsp3) is 0.750. The Kier molecular flexibility index (Phi) is 5.24. The van der Waals surface area contributed by atoms with Crippen molar-refractivity contribution in [3.8, 4) is 0 Å². The van der Waals surface area contributed by atoms with E-state index in [0.717, 1.165) is 44.0 Å². The second-order valence-corrected chi connectivity index (χ2v) is 6.25. The molecule has 1 aromatic heterocycles. The van der Waals surface area contributed by atoms with Gasteiger partial charge in [0, 0.05) is 6.42 Å². The van der Waals surface area contributed by atoms with E-state index in [9.17, 15) is 4.79 Å². The molecule has 0 atom stereocenters. The third-order valence-electron chi connectivity index (χ3n) is 3.40. The van der Waals surface area contributed by atoms with Crippen LogP contribution in [0.3, 0.4) is 0 Å². The largest absolute Gasteiger partial charge is 0.328 e. The molecule has 1 amide bonds. The van der Waals surface area contributed by atoms with E-state index in [4.69, 9.17) is 0 Å². The van der Waals surface area contributed by atoms with Crippen LogP contribution in [0.25, 0.3) is 0 Å². The van der Waals surface area contributed by atoms with E-state index in [1.54, 1.807) is 4.90 Å². The van der Waals surface area contributed by atoms with Crippen molar-refractivity contribution in [3.63, 3.8) is 0 Å². The van der Waals surface area contributed by atoms with Gasteiger partial charge in [-0.15, -0.1) is 10.2 Å². The van der Waals surface area contributed by atoms with Gasteiger partial charge in [0.25, 0.3) is 5.91 Å². The second kappa shape index (κ2) is 6.93. The Morgan fingerprint density at radius 3 is 2.74 bits per heavy atom. The Balaban J connectivity index is 1.77. The van der Waals surface area contributed by atoms with Gasteiger partial charge in [-0.05, 0) is 6.42 Å². The maximum Gasteiger partial charge on any atom is 0.281 e. The summed E-state index contributed by atoms with van der Waals surface area (Å²) in [6.45, 7) is 7.06. The summed E-state index contributed by atoms with van der Waals surface area (Å²) < 4.78 is 0. The van der Waals surface area contributed by atoms with Gasteiger partial charge in [0.15, 0.2) is 6.54 Å². The second-order valence-electron chi connectivity index (χ2n) is 5.18. The molecule has 3 N–H and O–H groups in total. The normalized spacial score (nSPS) is 23.3. The number of amides is 1. The number of hydrogen-bond donors (Lipinski definition) is 3. The number of carbonyl (C=O) groups is 1. The SMILES string of the molecule is CCCc1nnc(NC(=O)C[NH+]2CC[NH+](C)CC2)s1. The van der Waals surface area contributed by atoms with E-state index in [2.05, 4.69) is 29.5 Å². The molecule has 1 fully saturated rings. The smallest absolute Gasteiger partial charge is 0.281 e. The summed E-state index contributed by atoms with van der Waals surface area (Å²) in [5, 5.41) is 12.5. The summed E-state index contributed by atoms with van der Waals surface area (Å²) in [6, 6.07) is 0. The fourth-order valence-electron chi connectivity index (χ4n) is 2.22. The molecule has 1 saturated heterocycles. The van der Waals surface area contributed by atoms with Crippen molar-refractivity contribution in [2.24, 2.45) is 0 Å². The third kappa shape index (κ3) is 4.52. The molecule has 1 aromatic rings. The standard InChI is InChI=1S/C12H21N5OS/c1-3-4-11-14-15-12(19-11)13-10(18)9-17-7-5-16(2)6-8-17/h3-9H2,1-2H3,(H,13,15,18)/p+2. The van der Waals surface area contributed by atoms with E-state index in [1.165, 1.54) is 16.2 Å². The molecule has 6 nitrogen and oxygen atoms in total.